The Morgan fingerprint density at radius 1 is 0.560 bits per heavy atom. The van der Waals surface area contributed by atoms with Crippen LogP contribution >= 0.6 is 0 Å². The minimum absolute atomic E-state index is 0.631. The fraction of sp³-hybridized carbons (Fsp3) is 0.913. The van der Waals surface area contributed by atoms with Crippen molar-refractivity contribution in [2.24, 2.45) is 5.73 Å². The molecule has 0 rings (SSSR count). The van der Waals surface area contributed by atoms with Crippen LogP contribution in [0, 0.1) is 0 Å². The van der Waals surface area contributed by atoms with Gasteiger partial charge in [0.25, 0.3) is 0 Å². The Bertz CT molecular complexity index is 250. The van der Waals surface area contributed by atoms with Crippen molar-refractivity contribution in [3.05, 3.63) is 12.3 Å². The molecular formula is C23H48N2. The Hall–Kier alpha value is -0.500. The first-order valence-electron chi connectivity index (χ1n) is 11.5. The first-order chi connectivity index (χ1) is 12.4. The Balaban J connectivity index is 2.97. The molecule has 0 heterocycles. The average molecular weight is 353 g/mol. The van der Waals surface area contributed by atoms with Crippen LogP contribution in [-0.4, -0.2) is 13.1 Å². The zero-order valence-corrected chi connectivity index (χ0v) is 17.4. The van der Waals surface area contributed by atoms with Crippen molar-refractivity contribution in [2.75, 3.05) is 13.1 Å². The summed E-state index contributed by atoms with van der Waals surface area (Å²) in [4.78, 5) is 0. The fourth-order valence-corrected chi connectivity index (χ4v) is 3.36. The van der Waals surface area contributed by atoms with Crippen LogP contribution in [0.3, 0.4) is 0 Å². The molecule has 0 saturated heterocycles. The van der Waals surface area contributed by atoms with Crippen molar-refractivity contribution in [1.82, 2.24) is 5.32 Å². The van der Waals surface area contributed by atoms with Crippen molar-refractivity contribution < 1.29 is 0 Å². The maximum absolute atomic E-state index is 5.39. The molecule has 0 spiro atoms. The van der Waals surface area contributed by atoms with Gasteiger partial charge in [-0.25, -0.2) is 0 Å². The minimum atomic E-state index is 0.631. The molecule has 0 aliphatic carbocycles. The van der Waals surface area contributed by atoms with E-state index in [9.17, 15) is 0 Å². The summed E-state index contributed by atoms with van der Waals surface area (Å²) >= 11 is 0. The second-order valence-corrected chi connectivity index (χ2v) is 7.60. The minimum Gasteiger partial charge on any atom is -0.391 e. The number of nitrogens with one attached hydrogen (secondary N) is 1. The molecule has 0 radical (unpaired) electrons. The van der Waals surface area contributed by atoms with Crippen LogP contribution in [0.2, 0.25) is 0 Å². The zero-order chi connectivity index (χ0) is 18.3. The summed E-state index contributed by atoms with van der Waals surface area (Å²) in [5, 5.41) is 3.28. The molecular weight excluding hydrogens is 304 g/mol. The van der Waals surface area contributed by atoms with Crippen LogP contribution in [0.15, 0.2) is 12.3 Å². The maximum Gasteiger partial charge on any atom is 0.0141 e. The SMILES string of the molecule is CCCCCCCCCCCCCCCCCCCCNC=CCN. The molecule has 0 saturated carbocycles. The molecule has 2 heteroatoms. The normalized spacial score (nSPS) is 11.4. The Morgan fingerprint density at radius 3 is 1.28 bits per heavy atom. The average Bonchev–Trinajstić information content (AvgIpc) is 2.63. The summed E-state index contributed by atoms with van der Waals surface area (Å²) in [7, 11) is 0. The van der Waals surface area contributed by atoms with Gasteiger partial charge in [-0.2, -0.15) is 0 Å². The highest BCUT2D eigenvalue weighted by Crippen LogP contribution is 2.14. The number of unbranched alkanes of at least 4 members (excludes halogenated alkanes) is 17. The number of hydrogen-bond acceptors (Lipinski definition) is 2. The standard InChI is InChI=1S/C23H48N2/c1-2-3-4-5-6-7-8-9-10-11-12-13-14-15-16-17-18-19-22-25-23-20-21-24/h20,23,25H,2-19,21-22,24H2,1H3. The van der Waals surface area contributed by atoms with Crippen molar-refractivity contribution in [1.29, 1.82) is 0 Å². The van der Waals surface area contributed by atoms with Crippen molar-refractivity contribution in [2.45, 2.75) is 122 Å². The molecule has 3 N–H and O–H groups in total. The van der Waals surface area contributed by atoms with E-state index in [-0.39, 0.29) is 0 Å². The molecule has 0 aliphatic heterocycles. The molecule has 0 fully saturated rings. The number of rotatable bonds is 21. The van der Waals surface area contributed by atoms with Gasteiger partial charge in [0.1, 0.15) is 0 Å². The fourth-order valence-electron chi connectivity index (χ4n) is 3.36. The molecule has 25 heavy (non-hydrogen) atoms. The van der Waals surface area contributed by atoms with Gasteiger partial charge in [0.2, 0.25) is 0 Å². The van der Waals surface area contributed by atoms with Gasteiger partial charge in [0.05, 0.1) is 0 Å². The van der Waals surface area contributed by atoms with Crippen LogP contribution in [0.1, 0.15) is 122 Å². The van der Waals surface area contributed by atoms with Gasteiger partial charge in [-0.1, -0.05) is 122 Å². The van der Waals surface area contributed by atoms with E-state index >= 15 is 0 Å². The van der Waals surface area contributed by atoms with Crippen molar-refractivity contribution in [3.8, 4) is 0 Å². The Kier molecular flexibility index (Phi) is 23.0. The summed E-state index contributed by atoms with van der Waals surface area (Å²) in [5.41, 5.74) is 5.39. The van der Waals surface area contributed by atoms with Crippen molar-refractivity contribution in [3.63, 3.8) is 0 Å². The molecule has 0 amide bonds. The molecule has 0 bridgehead atoms. The van der Waals surface area contributed by atoms with Gasteiger partial charge in [0, 0.05) is 13.1 Å². The largest absolute Gasteiger partial charge is 0.391 e. The number of hydrogen-bond donors (Lipinski definition) is 2. The smallest absolute Gasteiger partial charge is 0.0141 e. The van der Waals surface area contributed by atoms with Gasteiger partial charge < -0.3 is 11.1 Å². The van der Waals surface area contributed by atoms with Gasteiger partial charge in [-0.3, -0.25) is 0 Å². The molecule has 0 aromatic rings. The van der Waals surface area contributed by atoms with Crippen LogP contribution in [0.5, 0.6) is 0 Å². The second kappa shape index (κ2) is 23.5. The van der Waals surface area contributed by atoms with E-state index in [1.807, 2.05) is 12.3 Å². The van der Waals surface area contributed by atoms with Crippen LogP contribution in [-0.2, 0) is 0 Å². The molecule has 0 atom stereocenters. The van der Waals surface area contributed by atoms with Gasteiger partial charge >= 0.3 is 0 Å². The lowest BCUT2D eigenvalue weighted by atomic mass is 10.0. The maximum atomic E-state index is 5.39. The molecule has 0 unspecified atom stereocenters. The van der Waals surface area contributed by atoms with Gasteiger partial charge in [0.15, 0.2) is 0 Å². The van der Waals surface area contributed by atoms with E-state index in [4.69, 9.17) is 5.73 Å². The quantitative estimate of drug-likeness (QED) is 0.216. The van der Waals surface area contributed by atoms with E-state index < -0.39 is 0 Å². The summed E-state index contributed by atoms with van der Waals surface area (Å²) in [6.07, 6.45) is 29.8. The van der Waals surface area contributed by atoms with Crippen molar-refractivity contribution >= 4 is 0 Å². The second-order valence-electron chi connectivity index (χ2n) is 7.60. The first-order valence-corrected chi connectivity index (χ1v) is 11.5. The third-order valence-electron chi connectivity index (χ3n) is 5.05. The predicted octanol–water partition coefficient (Wildman–Crippen LogP) is 7.09. The van der Waals surface area contributed by atoms with E-state index in [0.29, 0.717) is 6.54 Å². The van der Waals surface area contributed by atoms with E-state index in [0.717, 1.165) is 6.54 Å². The van der Waals surface area contributed by atoms with Crippen LogP contribution < -0.4 is 11.1 Å². The molecule has 0 aromatic heterocycles. The summed E-state index contributed by atoms with van der Waals surface area (Å²) in [6.45, 7) is 4.02. The van der Waals surface area contributed by atoms with E-state index in [1.54, 1.807) is 0 Å². The Labute approximate surface area is 159 Å². The zero-order valence-electron chi connectivity index (χ0n) is 17.4. The monoisotopic (exact) mass is 352 g/mol. The van der Waals surface area contributed by atoms with Crippen LogP contribution in [0.4, 0.5) is 0 Å². The first kappa shape index (κ1) is 24.5. The Morgan fingerprint density at radius 2 is 0.920 bits per heavy atom. The molecule has 150 valence electrons. The molecule has 0 aliphatic rings. The summed E-state index contributed by atoms with van der Waals surface area (Å²) in [5.74, 6) is 0. The summed E-state index contributed by atoms with van der Waals surface area (Å²) < 4.78 is 0. The van der Waals surface area contributed by atoms with Crippen LogP contribution in [0.25, 0.3) is 0 Å². The van der Waals surface area contributed by atoms with E-state index in [2.05, 4.69) is 12.2 Å². The third kappa shape index (κ3) is 23.5. The molecule has 2 nitrogen and oxygen atoms in total. The predicted molar refractivity (Wildman–Crippen MR) is 115 cm³/mol. The lowest BCUT2D eigenvalue weighted by Gasteiger charge is -2.04. The lowest BCUT2D eigenvalue weighted by molar-refractivity contribution is 0.524. The van der Waals surface area contributed by atoms with Gasteiger partial charge in [-0.05, 0) is 12.6 Å². The third-order valence-corrected chi connectivity index (χ3v) is 5.05. The highest BCUT2D eigenvalue weighted by molar-refractivity contribution is 4.79. The lowest BCUT2D eigenvalue weighted by Crippen LogP contribution is -2.07. The van der Waals surface area contributed by atoms with Gasteiger partial charge in [-0.15, -0.1) is 0 Å². The topological polar surface area (TPSA) is 38.0 Å². The highest BCUT2D eigenvalue weighted by atomic mass is 14.8. The highest BCUT2D eigenvalue weighted by Gasteiger charge is 1.94. The van der Waals surface area contributed by atoms with E-state index in [1.165, 1.54) is 116 Å². The number of nitrogens with two attached hydrogens (primary N) is 1. The molecule has 0 aromatic carbocycles. The summed E-state index contributed by atoms with van der Waals surface area (Å²) in [6, 6.07) is 0.